The smallest absolute Gasteiger partial charge is 0.0410 e. The zero-order valence-corrected chi connectivity index (χ0v) is 11.6. The van der Waals surface area contributed by atoms with Gasteiger partial charge in [0.05, 0.1) is 0 Å². The molecule has 1 rings (SSSR count). The Kier molecular flexibility index (Phi) is 5.90. The molecule has 1 N–H and O–H groups in total. The highest BCUT2D eigenvalue weighted by Crippen LogP contribution is 2.29. The third-order valence-corrected chi connectivity index (χ3v) is 3.45. The molecule has 0 amide bonds. The first-order valence-corrected chi connectivity index (χ1v) is 6.41. The minimum absolute atomic E-state index is 0.293. The van der Waals surface area contributed by atoms with Gasteiger partial charge < -0.3 is 5.32 Å². The van der Waals surface area contributed by atoms with E-state index in [0.717, 1.165) is 28.8 Å². The van der Waals surface area contributed by atoms with Crippen LogP contribution in [0.15, 0.2) is 22.7 Å². The van der Waals surface area contributed by atoms with Gasteiger partial charge in [-0.05, 0) is 43.7 Å². The number of terminal acetylenes is 1. The molecule has 0 aromatic heterocycles. The highest BCUT2D eigenvalue weighted by Gasteiger charge is 2.12. The van der Waals surface area contributed by atoms with Crippen LogP contribution in [0.5, 0.6) is 0 Å². The summed E-state index contributed by atoms with van der Waals surface area (Å²) in [6.07, 6.45) is 8.09. The summed E-state index contributed by atoms with van der Waals surface area (Å²) in [4.78, 5) is 0. The van der Waals surface area contributed by atoms with Crippen molar-refractivity contribution in [2.45, 2.75) is 25.3 Å². The Morgan fingerprint density at radius 3 is 2.94 bits per heavy atom. The van der Waals surface area contributed by atoms with E-state index in [4.69, 9.17) is 18.0 Å². The van der Waals surface area contributed by atoms with Gasteiger partial charge in [-0.25, -0.2) is 0 Å². The molecule has 0 radical (unpaired) electrons. The highest BCUT2D eigenvalue weighted by atomic mass is 79.9. The lowest BCUT2D eigenvalue weighted by Crippen LogP contribution is -2.16. The topological polar surface area (TPSA) is 12.0 Å². The number of unbranched alkanes of at least 4 members (excludes halogenated alkanes) is 1. The largest absolute Gasteiger partial charge is 0.313 e. The van der Waals surface area contributed by atoms with E-state index in [0.29, 0.717) is 6.04 Å². The van der Waals surface area contributed by atoms with Gasteiger partial charge in [0.25, 0.3) is 0 Å². The van der Waals surface area contributed by atoms with Crippen molar-refractivity contribution < 1.29 is 0 Å². The lowest BCUT2D eigenvalue weighted by Gasteiger charge is -2.18. The Labute approximate surface area is 111 Å². The average Bonchev–Trinajstić information content (AvgIpc) is 2.28. The molecule has 0 spiro atoms. The van der Waals surface area contributed by atoms with Gasteiger partial charge in [0.15, 0.2) is 0 Å². The molecule has 1 atom stereocenters. The first-order valence-electron chi connectivity index (χ1n) is 5.24. The van der Waals surface area contributed by atoms with Gasteiger partial charge >= 0.3 is 0 Å². The molecule has 16 heavy (non-hydrogen) atoms. The fourth-order valence-electron chi connectivity index (χ4n) is 1.65. The zero-order valence-electron chi connectivity index (χ0n) is 9.26. The highest BCUT2D eigenvalue weighted by molar-refractivity contribution is 9.10. The Morgan fingerprint density at radius 1 is 1.56 bits per heavy atom. The average molecular weight is 301 g/mol. The summed E-state index contributed by atoms with van der Waals surface area (Å²) in [5, 5.41) is 4.05. The Bertz CT molecular complexity index is 384. The molecule has 1 aromatic carbocycles. The van der Waals surface area contributed by atoms with Gasteiger partial charge in [0.1, 0.15) is 0 Å². The van der Waals surface area contributed by atoms with Crippen LogP contribution < -0.4 is 5.32 Å². The first kappa shape index (κ1) is 13.6. The fraction of sp³-hybridized carbons (Fsp3) is 0.385. The fourth-order valence-corrected chi connectivity index (χ4v) is 2.35. The number of nitrogens with one attached hydrogen (secondary N) is 1. The van der Waals surface area contributed by atoms with Crippen molar-refractivity contribution in [3.8, 4) is 12.3 Å². The third kappa shape index (κ3) is 3.83. The molecule has 0 heterocycles. The van der Waals surface area contributed by atoms with Crippen molar-refractivity contribution in [2.75, 3.05) is 7.05 Å². The lowest BCUT2D eigenvalue weighted by molar-refractivity contribution is 0.530. The van der Waals surface area contributed by atoms with Crippen LogP contribution in [0.25, 0.3) is 0 Å². The molecular weight excluding hydrogens is 286 g/mol. The summed E-state index contributed by atoms with van der Waals surface area (Å²) in [7, 11) is 1.95. The second-order valence-electron chi connectivity index (χ2n) is 3.60. The van der Waals surface area contributed by atoms with Gasteiger partial charge in [-0.2, -0.15) is 0 Å². The number of hydrogen-bond donors (Lipinski definition) is 1. The van der Waals surface area contributed by atoms with Crippen LogP contribution in [-0.2, 0) is 0 Å². The normalized spacial score (nSPS) is 12.1. The maximum atomic E-state index is 6.00. The van der Waals surface area contributed by atoms with Crippen LogP contribution in [0.4, 0.5) is 0 Å². The summed E-state index contributed by atoms with van der Waals surface area (Å²) < 4.78 is 1.08. The SMILES string of the molecule is C#CCCCC(NC)c1cc(Cl)ccc1Br. The van der Waals surface area contributed by atoms with E-state index in [-0.39, 0.29) is 0 Å². The predicted octanol–water partition coefficient (Wildman–Crippen LogP) is 4.17. The Hall–Kier alpha value is -0.490. The van der Waals surface area contributed by atoms with Crippen LogP contribution in [0, 0.1) is 12.3 Å². The summed E-state index contributed by atoms with van der Waals surface area (Å²) in [5.74, 6) is 2.66. The number of benzene rings is 1. The standard InChI is InChI=1S/C13H15BrClN/c1-3-4-5-6-13(16-2)11-9-10(15)7-8-12(11)14/h1,7-9,13,16H,4-6H2,2H3. The molecule has 1 aromatic rings. The van der Waals surface area contributed by atoms with Gasteiger partial charge in [-0.3, -0.25) is 0 Å². The molecular formula is C13H15BrClN. The number of rotatable bonds is 5. The molecule has 0 aliphatic heterocycles. The molecule has 0 saturated carbocycles. The minimum Gasteiger partial charge on any atom is -0.313 e. The van der Waals surface area contributed by atoms with E-state index >= 15 is 0 Å². The summed E-state index contributed by atoms with van der Waals surface area (Å²) in [6, 6.07) is 6.14. The van der Waals surface area contributed by atoms with Gasteiger partial charge in [-0.1, -0.05) is 27.5 Å². The second-order valence-corrected chi connectivity index (χ2v) is 4.89. The van der Waals surface area contributed by atoms with E-state index in [1.54, 1.807) is 0 Å². The van der Waals surface area contributed by atoms with Gasteiger partial charge in [-0.15, -0.1) is 12.3 Å². The van der Waals surface area contributed by atoms with E-state index in [9.17, 15) is 0 Å². The molecule has 1 nitrogen and oxygen atoms in total. The molecule has 0 saturated heterocycles. The van der Waals surface area contributed by atoms with E-state index in [1.165, 1.54) is 5.56 Å². The minimum atomic E-state index is 0.293. The zero-order chi connectivity index (χ0) is 12.0. The van der Waals surface area contributed by atoms with Gasteiger partial charge in [0.2, 0.25) is 0 Å². The van der Waals surface area contributed by atoms with Crippen LogP contribution in [-0.4, -0.2) is 7.05 Å². The van der Waals surface area contributed by atoms with Crippen molar-refractivity contribution in [3.63, 3.8) is 0 Å². The van der Waals surface area contributed by atoms with E-state index < -0.39 is 0 Å². The first-order chi connectivity index (χ1) is 7.69. The van der Waals surface area contributed by atoms with Crippen LogP contribution >= 0.6 is 27.5 Å². The molecule has 0 aliphatic rings. The van der Waals surface area contributed by atoms with Crippen molar-refractivity contribution >= 4 is 27.5 Å². The van der Waals surface area contributed by atoms with Crippen molar-refractivity contribution in [3.05, 3.63) is 33.3 Å². The lowest BCUT2D eigenvalue weighted by atomic mass is 10.0. The number of hydrogen-bond acceptors (Lipinski definition) is 1. The van der Waals surface area contributed by atoms with Gasteiger partial charge in [0, 0.05) is 22.0 Å². The molecule has 1 unspecified atom stereocenters. The van der Waals surface area contributed by atoms with Crippen LogP contribution in [0.2, 0.25) is 5.02 Å². The molecule has 86 valence electrons. The van der Waals surface area contributed by atoms with E-state index in [2.05, 4.69) is 27.2 Å². The van der Waals surface area contributed by atoms with Crippen LogP contribution in [0.1, 0.15) is 30.9 Å². The summed E-state index contributed by atoms with van der Waals surface area (Å²) in [5.41, 5.74) is 1.19. The maximum Gasteiger partial charge on any atom is 0.0410 e. The second kappa shape index (κ2) is 6.96. The van der Waals surface area contributed by atoms with Crippen molar-refractivity contribution in [1.29, 1.82) is 0 Å². The third-order valence-electron chi connectivity index (χ3n) is 2.50. The van der Waals surface area contributed by atoms with Crippen LogP contribution in [0.3, 0.4) is 0 Å². The Morgan fingerprint density at radius 2 is 2.31 bits per heavy atom. The summed E-state index contributed by atoms with van der Waals surface area (Å²) in [6.45, 7) is 0. The summed E-state index contributed by atoms with van der Waals surface area (Å²) >= 11 is 9.54. The molecule has 0 fully saturated rings. The Balaban J connectivity index is 2.78. The quantitative estimate of drug-likeness (QED) is 0.636. The van der Waals surface area contributed by atoms with E-state index in [1.807, 2.05) is 25.2 Å². The molecule has 0 aliphatic carbocycles. The number of halogens is 2. The van der Waals surface area contributed by atoms with Crippen molar-refractivity contribution in [2.24, 2.45) is 0 Å². The maximum absolute atomic E-state index is 6.00. The molecule has 3 heteroatoms. The monoisotopic (exact) mass is 299 g/mol. The predicted molar refractivity (Wildman–Crippen MR) is 73.6 cm³/mol. The molecule has 0 bridgehead atoms. The van der Waals surface area contributed by atoms with Crippen molar-refractivity contribution in [1.82, 2.24) is 5.32 Å².